The molecule has 1 atom stereocenters. The van der Waals surface area contributed by atoms with E-state index in [0.29, 0.717) is 46.4 Å². The third-order valence-electron chi connectivity index (χ3n) is 5.98. The van der Waals surface area contributed by atoms with Crippen molar-refractivity contribution >= 4 is 57.4 Å². The Balaban J connectivity index is 1.49. The zero-order valence-electron chi connectivity index (χ0n) is 19.5. The minimum atomic E-state index is -1.95. The molecule has 0 saturated carbocycles. The first kappa shape index (κ1) is 24.1. The van der Waals surface area contributed by atoms with E-state index in [1.54, 1.807) is 42.5 Å². The molecule has 184 valence electrons. The molecular weight excluding hydrogens is 496 g/mol. The second-order valence-corrected chi connectivity index (χ2v) is 9.98. The lowest BCUT2D eigenvalue weighted by Gasteiger charge is -2.25. The first-order chi connectivity index (χ1) is 17.5. The Hall–Kier alpha value is -3.60. The number of hydrogen-bond donors (Lipinski definition) is 3. The Morgan fingerprint density at radius 3 is 2.67 bits per heavy atom. The number of aliphatic hydroxyl groups is 1. The van der Waals surface area contributed by atoms with E-state index in [-0.39, 0.29) is 6.03 Å². The van der Waals surface area contributed by atoms with Crippen molar-refractivity contribution in [1.29, 1.82) is 0 Å². The Labute approximate surface area is 216 Å². The second-order valence-electron chi connectivity index (χ2n) is 8.42. The first-order valence-corrected chi connectivity index (χ1v) is 13.2. The lowest BCUT2D eigenvalue weighted by Crippen LogP contribution is -2.30. The Morgan fingerprint density at radius 2 is 1.92 bits per heavy atom. The van der Waals surface area contributed by atoms with Crippen molar-refractivity contribution in [2.45, 2.75) is 32.0 Å². The highest BCUT2D eigenvalue weighted by Crippen LogP contribution is 2.45. The summed E-state index contributed by atoms with van der Waals surface area (Å²) in [5.74, 6) is -2.56. The minimum absolute atomic E-state index is 0.297. The van der Waals surface area contributed by atoms with Crippen LogP contribution in [0, 0.1) is 0 Å². The van der Waals surface area contributed by atoms with Gasteiger partial charge in [0.15, 0.2) is 0 Å². The number of rotatable bonds is 8. The van der Waals surface area contributed by atoms with Gasteiger partial charge in [0.05, 0.1) is 17.3 Å². The first-order valence-electron chi connectivity index (χ1n) is 11.6. The Bertz CT molecular complexity index is 1430. The van der Waals surface area contributed by atoms with Crippen LogP contribution in [0.5, 0.6) is 0 Å². The highest BCUT2D eigenvalue weighted by atomic mass is 32.1. The molecule has 10 heteroatoms. The van der Waals surface area contributed by atoms with Crippen LogP contribution in [0.3, 0.4) is 0 Å². The van der Waals surface area contributed by atoms with Gasteiger partial charge in [0.1, 0.15) is 11.0 Å². The maximum absolute atomic E-state index is 13.2. The minimum Gasteiger partial charge on any atom is -0.421 e. The number of carbonyl (C=O) groups is 2. The molecule has 0 bridgehead atoms. The summed E-state index contributed by atoms with van der Waals surface area (Å²) in [7, 11) is 0. The maximum Gasteiger partial charge on any atom is 0.342 e. The van der Waals surface area contributed by atoms with Crippen molar-refractivity contribution in [3.63, 3.8) is 0 Å². The number of amides is 2. The average molecular weight is 521 g/mol. The van der Waals surface area contributed by atoms with Crippen molar-refractivity contribution in [1.82, 2.24) is 14.1 Å². The van der Waals surface area contributed by atoms with Gasteiger partial charge in [0.25, 0.3) is 5.79 Å². The number of esters is 1. The fraction of sp³-hybridized carbons (Fsp3) is 0.231. The van der Waals surface area contributed by atoms with Crippen molar-refractivity contribution < 1.29 is 19.4 Å². The number of nitrogens with zero attached hydrogens (tertiary/aromatic N) is 2. The third kappa shape index (κ3) is 4.75. The molecular formula is C26H24N4O4S2. The van der Waals surface area contributed by atoms with Crippen LogP contribution in [0.15, 0.2) is 65.6 Å². The normalized spacial score (nSPS) is 17.4. The number of benzene rings is 2. The van der Waals surface area contributed by atoms with Gasteiger partial charge in [0.2, 0.25) is 0 Å². The summed E-state index contributed by atoms with van der Waals surface area (Å²) in [6, 6.07) is 15.6. The van der Waals surface area contributed by atoms with Gasteiger partial charge in [-0.3, -0.25) is 0 Å². The molecule has 0 spiro atoms. The van der Waals surface area contributed by atoms with Crippen LogP contribution < -0.4 is 10.6 Å². The number of ether oxygens (including phenoxy) is 1. The van der Waals surface area contributed by atoms with E-state index in [4.69, 9.17) is 4.74 Å². The number of hydrogen-bond acceptors (Lipinski definition) is 8. The molecule has 2 aromatic heterocycles. The highest BCUT2D eigenvalue weighted by Gasteiger charge is 2.48. The molecule has 0 fully saturated rings. The number of nitrogens with one attached hydrogen (secondary N) is 2. The van der Waals surface area contributed by atoms with Crippen molar-refractivity contribution in [3.05, 3.63) is 81.6 Å². The van der Waals surface area contributed by atoms with Crippen molar-refractivity contribution in [3.8, 4) is 0 Å². The third-order valence-corrected chi connectivity index (χ3v) is 7.41. The topological polar surface area (TPSA) is 113 Å². The van der Waals surface area contributed by atoms with Gasteiger partial charge in [-0.2, -0.15) is 8.75 Å². The van der Waals surface area contributed by atoms with E-state index in [0.717, 1.165) is 35.0 Å². The number of carbonyl (C=O) groups excluding carboxylic acids is 2. The Kier molecular flexibility index (Phi) is 6.82. The molecule has 0 radical (unpaired) electrons. The van der Waals surface area contributed by atoms with Gasteiger partial charge in [-0.1, -0.05) is 37.6 Å². The predicted octanol–water partition coefficient (Wildman–Crippen LogP) is 5.07. The summed E-state index contributed by atoms with van der Waals surface area (Å²) in [4.78, 5) is 26.2. The van der Waals surface area contributed by atoms with Crippen LogP contribution in [-0.2, 0) is 21.7 Å². The van der Waals surface area contributed by atoms with E-state index in [1.165, 1.54) is 11.3 Å². The number of fused-ring (bicyclic) bond motifs is 1. The van der Waals surface area contributed by atoms with Crippen LogP contribution in [0.4, 0.5) is 10.5 Å². The van der Waals surface area contributed by atoms with Crippen molar-refractivity contribution in [2.24, 2.45) is 0 Å². The number of aromatic nitrogens is 2. The van der Waals surface area contributed by atoms with E-state index < -0.39 is 11.8 Å². The summed E-state index contributed by atoms with van der Waals surface area (Å²) in [5.41, 5.74) is 3.76. The van der Waals surface area contributed by atoms with E-state index >= 15 is 0 Å². The molecule has 4 aromatic rings. The van der Waals surface area contributed by atoms with Gasteiger partial charge in [-0.05, 0) is 47.7 Å². The van der Waals surface area contributed by atoms with Gasteiger partial charge in [-0.25, -0.2) is 9.59 Å². The zero-order valence-corrected chi connectivity index (χ0v) is 21.1. The lowest BCUT2D eigenvalue weighted by molar-refractivity contribution is -0.185. The number of thiophene rings is 1. The van der Waals surface area contributed by atoms with Crippen molar-refractivity contribution in [2.75, 3.05) is 11.9 Å². The molecule has 3 N–H and O–H groups in total. The van der Waals surface area contributed by atoms with E-state index in [9.17, 15) is 14.7 Å². The van der Waals surface area contributed by atoms with E-state index in [1.807, 2.05) is 17.5 Å². The molecule has 36 heavy (non-hydrogen) atoms. The fourth-order valence-corrected chi connectivity index (χ4v) is 5.37. The average Bonchev–Trinajstić information content (AvgIpc) is 3.60. The largest absolute Gasteiger partial charge is 0.421 e. The molecule has 5 rings (SSSR count). The predicted molar refractivity (Wildman–Crippen MR) is 141 cm³/mol. The molecule has 2 amide bonds. The SMILES string of the molecule is CCCCNC(=O)Nc1ccc(C2(O)OC(=O)C(c3ccc4nsnc4c3)=C2Cc2cccs2)cc1. The molecule has 8 nitrogen and oxygen atoms in total. The van der Waals surface area contributed by atoms with Gasteiger partial charge in [0, 0.05) is 34.7 Å². The maximum atomic E-state index is 13.2. The van der Waals surface area contributed by atoms with Crippen LogP contribution >= 0.6 is 23.1 Å². The summed E-state index contributed by atoms with van der Waals surface area (Å²) in [5, 5.41) is 19.3. The van der Waals surface area contributed by atoms with E-state index in [2.05, 4.69) is 26.3 Å². The van der Waals surface area contributed by atoms with Crippen LogP contribution in [0.2, 0.25) is 0 Å². The molecule has 2 aromatic carbocycles. The second kappa shape index (κ2) is 10.2. The molecule has 0 aliphatic carbocycles. The van der Waals surface area contributed by atoms with Crippen LogP contribution in [0.25, 0.3) is 16.6 Å². The van der Waals surface area contributed by atoms with Gasteiger partial charge < -0.3 is 20.5 Å². The smallest absolute Gasteiger partial charge is 0.342 e. The molecule has 3 heterocycles. The molecule has 1 aliphatic heterocycles. The number of cyclic esters (lactones) is 1. The summed E-state index contributed by atoms with van der Waals surface area (Å²) >= 11 is 2.64. The molecule has 1 aliphatic rings. The summed E-state index contributed by atoms with van der Waals surface area (Å²) < 4.78 is 14.2. The molecule has 1 unspecified atom stereocenters. The quantitative estimate of drug-likeness (QED) is 0.221. The monoisotopic (exact) mass is 520 g/mol. The standard InChI is InChI=1S/C26H24N4O4S2/c1-2-3-12-27-25(32)28-18-9-7-17(8-10-18)26(33)20(15-19-5-4-13-35-19)23(24(31)34-26)16-6-11-21-22(14-16)30-36-29-21/h4-11,13-14,33H,2-3,12,15H2,1H3,(H2,27,28,32). The zero-order chi connectivity index (χ0) is 25.1. The lowest BCUT2D eigenvalue weighted by atomic mass is 9.89. The Morgan fingerprint density at radius 1 is 1.11 bits per heavy atom. The van der Waals surface area contributed by atoms with Gasteiger partial charge in [-0.15, -0.1) is 11.3 Å². The summed E-state index contributed by atoms with van der Waals surface area (Å²) in [6.07, 6.45) is 2.23. The van der Waals surface area contributed by atoms with Crippen LogP contribution in [0.1, 0.15) is 35.8 Å². The van der Waals surface area contributed by atoms with Crippen LogP contribution in [-0.4, -0.2) is 32.4 Å². The number of urea groups is 1. The van der Waals surface area contributed by atoms with Gasteiger partial charge >= 0.3 is 12.0 Å². The number of anilines is 1. The highest BCUT2D eigenvalue weighted by molar-refractivity contribution is 7.09. The number of unbranched alkanes of at least 4 members (excludes halogenated alkanes) is 1. The summed E-state index contributed by atoms with van der Waals surface area (Å²) in [6.45, 7) is 2.65. The fourth-order valence-electron chi connectivity index (χ4n) is 4.13. The molecule has 0 saturated heterocycles.